The molecule has 2 rings (SSSR count). The van der Waals surface area contributed by atoms with Gasteiger partial charge in [0.05, 0.1) is 19.2 Å². The number of hydrogen-bond donors (Lipinski definition) is 0. The quantitative estimate of drug-likeness (QED) is 0.799. The van der Waals surface area contributed by atoms with Crippen LogP contribution < -0.4 is 0 Å². The highest BCUT2D eigenvalue weighted by Crippen LogP contribution is 2.25. The van der Waals surface area contributed by atoms with Crippen LogP contribution in [0.4, 0.5) is 13.2 Å². The van der Waals surface area contributed by atoms with Crippen molar-refractivity contribution in [3.8, 4) is 0 Å². The van der Waals surface area contributed by atoms with Gasteiger partial charge in [-0.05, 0) is 56.0 Å². The number of esters is 1. The second-order valence-corrected chi connectivity index (χ2v) is 5.73. The Morgan fingerprint density at radius 1 is 1.23 bits per heavy atom. The number of rotatable bonds is 4. The van der Waals surface area contributed by atoms with Crippen LogP contribution in [0.5, 0.6) is 0 Å². The first kappa shape index (κ1) is 16.8. The first-order valence-electron chi connectivity index (χ1n) is 7.34. The summed E-state index contributed by atoms with van der Waals surface area (Å²) in [5, 5.41) is 0. The van der Waals surface area contributed by atoms with E-state index in [0.717, 1.165) is 24.8 Å². The van der Waals surface area contributed by atoms with Crippen LogP contribution >= 0.6 is 0 Å². The van der Waals surface area contributed by atoms with E-state index in [-0.39, 0.29) is 5.97 Å². The van der Waals surface area contributed by atoms with Crippen LogP contribution in [-0.4, -0.2) is 43.8 Å². The van der Waals surface area contributed by atoms with Gasteiger partial charge < -0.3 is 4.74 Å². The Morgan fingerprint density at radius 2 is 1.82 bits per heavy atom. The Morgan fingerprint density at radius 3 is 2.32 bits per heavy atom. The molecule has 6 heteroatoms. The Kier molecular flexibility index (Phi) is 5.45. The molecule has 0 aliphatic carbocycles. The number of ether oxygens (including phenoxy) is 1. The fraction of sp³-hybridized carbons (Fsp3) is 0.562. The molecule has 0 amide bonds. The summed E-state index contributed by atoms with van der Waals surface area (Å²) in [4.78, 5) is 12.8. The predicted octanol–water partition coefficient (Wildman–Crippen LogP) is 3.29. The van der Waals surface area contributed by atoms with E-state index in [0.29, 0.717) is 24.6 Å². The van der Waals surface area contributed by atoms with E-state index >= 15 is 0 Å². The van der Waals surface area contributed by atoms with Crippen LogP contribution in [0.3, 0.4) is 0 Å². The largest absolute Gasteiger partial charge is 0.465 e. The van der Waals surface area contributed by atoms with Crippen molar-refractivity contribution in [2.75, 3.05) is 26.7 Å². The second-order valence-electron chi connectivity index (χ2n) is 5.73. The Labute approximate surface area is 128 Å². The summed E-state index contributed by atoms with van der Waals surface area (Å²) >= 11 is 0. The van der Waals surface area contributed by atoms with E-state index in [4.69, 9.17) is 0 Å². The molecule has 1 aromatic carbocycles. The fourth-order valence-electron chi connectivity index (χ4n) is 2.83. The molecule has 1 saturated heterocycles. The monoisotopic (exact) mass is 315 g/mol. The number of alkyl halides is 3. The molecule has 0 saturated carbocycles. The molecule has 0 atom stereocenters. The highest BCUT2D eigenvalue weighted by atomic mass is 19.4. The summed E-state index contributed by atoms with van der Waals surface area (Å²) in [6.45, 7) is 0.169. The highest BCUT2D eigenvalue weighted by molar-refractivity contribution is 5.89. The number of carbonyl (C=O) groups excluding carboxylic acids is 1. The molecular formula is C16H20F3NO2. The molecule has 1 aliphatic heterocycles. The zero-order valence-electron chi connectivity index (χ0n) is 12.5. The van der Waals surface area contributed by atoms with Gasteiger partial charge in [0.2, 0.25) is 0 Å². The molecule has 122 valence electrons. The molecular weight excluding hydrogens is 295 g/mol. The molecule has 0 aromatic heterocycles. The molecule has 0 spiro atoms. The molecule has 0 radical (unpaired) electrons. The van der Waals surface area contributed by atoms with Crippen molar-refractivity contribution >= 4 is 5.97 Å². The molecule has 1 heterocycles. The van der Waals surface area contributed by atoms with E-state index in [1.807, 2.05) is 12.1 Å². The van der Waals surface area contributed by atoms with Gasteiger partial charge in [0.1, 0.15) is 0 Å². The van der Waals surface area contributed by atoms with Gasteiger partial charge in [-0.2, -0.15) is 13.2 Å². The molecule has 3 nitrogen and oxygen atoms in total. The first-order chi connectivity index (χ1) is 10.4. The number of carbonyl (C=O) groups is 1. The van der Waals surface area contributed by atoms with Gasteiger partial charge in [0.25, 0.3) is 0 Å². The van der Waals surface area contributed by atoms with Gasteiger partial charge in [-0.25, -0.2) is 4.79 Å². The van der Waals surface area contributed by atoms with Crippen molar-refractivity contribution in [3.63, 3.8) is 0 Å². The average molecular weight is 315 g/mol. The van der Waals surface area contributed by atoms with Crippen molar-refractivity contribution in [2.24, 2.45) is 5.92 Å². The third kappa shape index (κ3) is 5.02. The van der Waals surface area contributed by atoms with Crippen LogP contribution in [-0.2, 0) is 11.2 Å². The number of benzene rings is 1. The topological polar surface area (TPSA) is 29.5 Å². The van der Waals surface area contributed by atoms with Crippen LogP contribution in [0.25, 0.3) is 0 Å². The molecule has 0 bridgehead atoms. The summed E-state index contributed by atoms with van der Waals surface area (Å²) in [6.07, 6.45) is -1.73. The lowest BCUT2D eigenvalue weighted by molar-refractivity contribution is -0.148. The van der Waals surface area contributed by atoms with E-state index in [2.05, 4.69) is 4.74 Å². The molecule has 22 heavy (non-hydrogen) atoms. The minimum absolute atomic E-state index is 0.369. The molecule has 1 fully saturated rings. The normalized spacial score (nSPS) is 17.5. The third-order valence-electron chi connectivity index (χ3n) is 4.01. The third-order valence-corrected chi connectivity index (χ3v) is 4.01. The lowest BCUT2D eigenvalue weighted by atomic mass is 9.90. The minimum atomic E-state index is -4.11. The first-order valence-corrected chi connectivity index (χ1v) is 7.34. The summed E-state index contributed by atoms with van der Waals surface area (Å²) < 4.78 is 41.7. The SMILES string of the molecule is COC(=O)c1ccc(CC2CCN(CC(F)(F)F)CC2)cc1. The summed E-state index contributed by atoms with van der Waals surface area (Å²) in [5.41, 5.74) is 1.60. The molecule has 1 aromatic rings. The van der Waals surface area contributed by atoms with E-state index in [1.165, 1.54) is 12.0 Å². The van der Waals surface area contributed by atoms with Gasteiger partial charge in [0, 0.05) is 0 Å². The van der Waals surface area contributed by atoms with Crippen molar-refractivity contribution < 1.29 is 22.7 Å². The average Bonchev–Trinajstić information content (AvgIpc) is 2.48. The van der Waals surface area contributed by atoms with Crippen molar-refractivity contribution in [3.05, 3.63) is 35.4 Å². The summed E-state index contributed by atoms with van der Waals surface area (Å²) in [7, 11) is 1.34. The van der Waals surface area contributed by atoms with Crippen molar-refractivity contribution in [1.82, 2.24) is 4.90 Å². The number of hydrogen-bond acceptors (Lipinski definition) is 3. The van der Waals surface area contributed by atoms with E-state index in [1.54, 1.807) is 12.1 Å². The van der Waals surface area contributed by atoms with Crippen LogP contribution in [0.15, 0.2) is 24.3 Å². The molecule has 1 aliphatic rings. The van der Waals surface area contributed by atoms with E-state index < -0.39 is 12.7 Å². The lowest BCUT2D eigenvalue weighted by Crippen LogP contribution is -2.40. The standard InChI is InChI=1S/C16H20F3NO2/c1-22-15(21)14-4-2-12(3-5-14)10-13-6-8-20(9-7-13)11-16(17,18)19/h2-5,13H,6-11H2,1H3. The zero-order chi connectivity index (χ0) is 16.2. The second kappa shape index (κ2) is 7.13. The van der Waals surface area contributed by atoms with Gasteiger partial charge in [-0.15, -0.1) is 0 Å². The smallest absolute Gasteiger partial charge is 0.401 e. The maximum atomic E-state index is 12.3. The number of halogens is 3. The maximum absolute atomic E-state index is 12.3. The van der Waals surface area contributed by atoms with Crippen LogP contribution in [0.1, 0.15) is 28.8 Å². The number of piperidine rings is 1. The maximum Gasteiger partial charge on any atom is 0.401 e. The fourth-order valence-corrected chi connectivity index (χ4v) is 2.83. The molecule has 0 N–H and O–H groups in total. The molecule has 0 unspecified atom stereocenters. The van der Waals surface area contributed by atoms with Crippen molar-refractivity contribution in [1.29, 1.82) is 0 Å². The van der Waals surface area contributed by atoms with Crippen LogP contribution in [0.2, 0.25) is 0 Å². The van der Waals surface area contributed by atoms with E-state index in [9.17, 15) is 18.0 Å². The zero-order valence-corrected chi connectivity index (χ0v) is 12.5. The van der Waals surface area contributed by atoms with Gasteiger partial charge in [-0.1, -0.05) is 12.1 Å². The Hall–Kier alpha value is -1.56. The number of methoxy groups -OCH3 is 1. The van der Waals surface area contributed by atoms with Gasteiger partial charge in [-0.3, -0.25) is 4.90 Å². The predicted molar refractivity (Wildman–Crippen MR) is 76.7 cm³/mol. The number of nitrogens with zero attached hydrogens (tertiary/aromatic N) is 1. The van der Waals surface area contributed by atoms with Crippen molar-refractivity contribution in [2.45, 2.75) is 25.4 Å². The summed E-state index contributed by atoms with van der Waals surface area (Å²) in [6, 6.07) is 7.21. The highest BCUT2D eigenvalue weighted by Gasteiger charge is 2.32. The Balaban J connectivity index is 1.82. The van der Waals surface area contributed by atoms with Gasteiger partial charge in [0.15, 0.2) is 0 Å². The summed E-state index contributed by atoms with van der Waals surface area (Å²) in [5.74, 6) is 0.0282. The van der Waals surface area contributed by atoms with Gasteiger partial charge >= 0.3 is 12.1 Å². The minimum Gasteiger partial charge on any atom is -0.465 e. The van der Waals surface area contributed by atoms with Crippen LogP contribution in [0, 0.1) is 5.92 Å². The lowest BCUT2D eigenvalue weighted by Gasteiger charge is -2.32. The Bertz CT molecular complexity index is 491. The number of likely N-dealkylation sites (tertiary alicyclic amines) is 1.